The first-order chi connectivity index (χ1) is 12.6. The molecule has 0 aliphatic rings. The van der Waals surface area contributed by atoms with Crippen LogP contribution in [-0.2, 0) is 0 Å². The van der Waals surface area contributed by atoms with Gasteiger partial charge in [0, 0.05) is 28.5 Å². The van der Waals surface area contributed by atoms with E-state index in [9.17, 15) is 4.79 Å². The highest BCUT2D eigenvalue weighted by Crippen LogP contribution is 2.30. The highest BCUT2D eigenvalue weighted by Gasteiger charge is 2.18. The molecule has 0 amide bonds. The Morgan fingerprint density at radius 2 is 1.69 bits per heavy atom. The van der Waals surface area contributed by atoms with Gasteiger partial charge in [-0.05, 0) is 43.7 Å². The van der Waals surface area contributed by atoms with Gasteiger partial charge in [-0.3, -0.25) is 9.36 Å². The minimum absolute atomic E-state index is 0.0310. The number of rotatable bonds is 3. The summed E-state index contributed by atoms with van der Waals surface area (Å²) in [5.74, 6) is 0. The molecule has 0 fully saturated rings. The Labute approximate surface area is 156 Å². The predicted molar refractivity (Wildman–Crippen MR) is 106 cm³/mol. The summed E-state index contributed by atoms with van der Waals surface area (Å²) in [6.45, 7) is 3.96. The van der Waals surface area contributed by atoms with Crippen molar-refractivity contribution in [2.24, 2.45) is 0 Å². The maximum atomic E-state index is 13.2. The molecule has 0 unspecified atom stereocenters. The molecule has 0 radical (unpaired) electrons. The Bertz CT molecular complexity index is 1130. The molecule has 0 bridgehead atoms. The standard InChI is InChI=1S/C21H18ClN3O/c1-14(2)25-13-23-20-19(21(25)26)18(15-6-4-3-5-7-15)12-24(20)17-10-8-16(22)9-11-17/h3-14H,1-2H3. The number of hydrogen-bond acceptors (Lipinski definition) is 2. The molecule has 5 heteroatoms. The van der Waals surface area contributed by atoms with E-state index in [2.05, 4.69) is 4.98 Å². The Hall–Kier alpha value is -2.85. The van der Waals surface area contributed by atoms with Crippen LogP contribution in [-0.4, -0.2) is 14.1 Å². The molecular weight excluding hydrogens is 346 g/mol. The average Bonchev–Trinajstić information content (AvgIpc) is 3.04. The second-order valence-corrected chi connectivity index (χ2v) is 6.94. The number of hydrogen-bond donors (Lipinski definition) is 0. The summed E-state index contributed by atoms with van der Waals surface area (Å²) in [5.41, 5.74) is 3.40. The molecule has 4 aromatic rings. The fraction of sp³-hybridized carbons (Fsp3) is 0.143. The molecule has 4 nitrogen and oxygen atoms in total. The van der Waals surface area contributed by atoms with Gasteiger partial charge in [0.15, 0.2) is 5.65 Å². The lowest BCUT2D eigenvalue weighted by atomic mass is 10.1. The Morgan fingerprint density at radius 3 is 2.35 bits per heavy atom. The topological polar surface area (TPSA) is 39.8 Å². The zero-order valence-electron chi connectivity index (χ0n) is 14.6. The molecule has 2 heterocycles. The van der Waals surface area contributed by atoms with Gasteiger partial charge in [-0.15, -0.1) is 0 Å². The van der Waals surface area contributed by atoms with E-state index >= 15 is 0 Å². The lowest BCUT2D eigenvalue weighted by Gasteiger charge is -2.10. The monoisotopic (exact) mass is 363 g/mol. The summed E-state index contributed by atoms with van der Waals surface area (Å²) in [6.07, 6.45) is 3.60. The molecule has 0 saturated heterocycles. The van der Waals surface area contributed by atoms with Gasteiger partial charge in [-0.2, -0.15) is 0 Å². The maximum Gasteiger partial charge on any atom is 0.263 e. The van der Waals surface area contributed by atoms with Crippen LogP contribution in [0.15, 0.2) is 71.9 Å². The third kappa shape index (κ3) is 2.72. The first-order valence-electron chi connectivity index (χ1n) is 8.50. The van der Waals surface area contributed by atoms with Crippen LogP contribution in [0.5, 0.6) is 0 Å². The smallest absolute Gasteiger partial charge is 0.263 e. The lowest BCUT2D eigenvalue weighted by molar-refractivity contribution is 0.573. The summed E-state index contributed by atoms with van der Waals surface area (Å²) in [7, 11) is 0. The molecule has 0 N–H and O–H groups in total. The minimum Gasteiger partial charge on any atom is -0.300 e. The third-order valence-electron chi connectivity index (χ3n) is 4.48. The van der Waals surface area contributed by atoms with E-state index in [1.807, 2.05) is 79.2 Å². The quantitative estimate of drug-likeness (QED) is 0.508. The Balaban J connectivity index is 2.07. The zero-order valence-corrected chi connectivity index (χ0v) is 15.3. The van der Waals surface area contributed by atoms with Gasteiger partial charge in [-0.25, -0.2) is 4.98 Å². The molecule has 2 aromatic heterocycles. The first-order valence-corrected chi connectivity index (χ1v) is 8.87. The van der Waals surface area contributed by atoms with Crippen molar-refractivity contribution in [1.82, 2.24) is 14.1 Å². The van der Waals surface area contributed by atoms with E-state index in [1.165, 1.54) is 0 Å². The Kier molecular flexibility index (Phi) is 4.13. The Morgan fingerprint density at radius 1 is 1.00 bits per heavy atom. The van der Waals surface area contributed by atoms with Gasteiger partial charge in [0.05, 0.1) is 5.39 Å². The molecular formula is C21H18ClN3O. The van der Waals surface area contributed by atoms with Crippen molar-refractivity contribution in [1.29, 1.82) is 0 Å². The van der Waals surface area contributed by atoms with Gasteiger partial charge in [-0.1, -0.05) is 41.9 Å². The van der Waals surface area contributed by atoms with Crippen LogP contribution in [0.1, 0.15) is 19.9 Å². The number of fused-ring (bicyclic) bond motifs is 1. The zero-order chi connectivity index (χ0) is 18.3. The number of benzene rings is 2. The molecule has 0 aliphatic carbocycles. The molecule has 0 spiro atoms. The molecule has 4 rings (SSSR count). The number of aromatic nitrogens is 3. The summed E-state index contributed by atoms with van der Waals surface area (Å²) in [4.78, 5) is 17.8. The fourth-order valence-electron chi connectivity index (χ4n) is 3.13. The van der Waals surface area contributed by atoms with Crippen molar-refractivity contribution in [2.45, 2.75) is 19.9 Å². The van der Waals surface area contributed by atoms with E-state index in [-0.39, 0.29) is 11.6 Å². The van der Waals surface area contributed by atoms with Gasteiger partial charge in [0.25, 0.3) is 5.56 Å². The van der Waals surface area contributed by atoms with Crippen LogP contribution < -0.4 is 5.56 Å². The van der Waals surface area contributed by atoms with Gasteiger partial charge in [0.1, 0.15) is 6.33 Å². The fourth-order valence-corrected chi connectivity index (χ4v) is 3.26. The van der Waals surface area contributed by atoms with Crippen molar-refractivity contribution < 1.29 is 0 Å². The van der Waals surface area contributed by atoms with Gasteiger partial charge in [0.2, 0.25) is 0 Å². The molecule has 130 valence electrons. The van der Waals surface area contributed by atoms with Crippen molar-refractivity contribution in [3.05, 3.63) is 82.5 Å². The number of nitrogens with zero attached hydrogens (tertiary/aromatic N) is 3. The molecule has 2 aromatic carbocycles. The maximum absolute atomic E-state index is 13.2. The van der Waals surface area contributed by atoms with Crippen LogP contribution in [0.25, 0.3) is 27.8 Å². The molecule has 0 aliphatic heterocycles. The minimum atomic E-state index is -0.0310. The van der Waals surface area contributed by atoms with Crippen LogP contribution in [0.2, 0.25) is 5.02 Å². The summed E-state index contributed by atoms with van der Waals surface area (Å²) in [5, 5.41) is 1.30. The predicted octanol–water partition coefficient (Wildman–Crippen LogP) is 5.09. The second-order valence-electron chi connectivity index (χ2n) is 6.50. The van der Waals surface area contributed by atoms with Crippen molar-refractivity contribution >= 4 is 22.6 Å². The molecule has 26 heavy (non-hydrogen) atoms. The van der Waals surface area contributed by atoms with E-state index < -0.39 is 0 Å². The highest BCUT2D eigenvalue weighted by atomic mass is 35.5. The summed E-state index contributed by atoms with van der Waals surface area (Å²) >= 11 is 6.02. The molecule has 0 atom stereocenters. The first kappa shape index (κ1) is 16.6. The molecule has 0 saturated carbocycles. The van der Waals surface area contributed by atoms with E-state index in [1.54, 1.807) is 10.9 Å². The van der Waals surface area contributed by atoms with Crippen LogP contribution >= 0.6 is 11.6 Å². The second kappa shape index (κ2) is 6.46. The lowest BCUT2D eigenvalue weighted by Crippen LogP contribution is -2.22. The van der Waals surface area contributed by atoms with Crippen LogP contribution in [0, 0.1) is 0 Å². The van der Waals surface area contributed by atoms with E-state index in [4.69, 9.17) is 11.6 Å². The van der Waals surface area contributed by atoms with Crippen LogP contribution in [0.4, 0.5) is 0 Å². The normalized spacial score (nSPS) is 11.4. The van der Waals surface area contributed by atoms with Crippen molar-refractivity contribution in [2.75, 3.05) is 0 Å². The summed E-state index contributed by atoms with van der Waals surface area (Å²) < 4.78 is 3.61. The summed E-state index contributed by atoms with van der Waals surface area (Å²) in [6, 6.07) is 17.5. The van der Waals surface area contributed by atoms with Gasteiger partial charge < -0.3 is 4.57 Å². The van der Waals surface area contributed by atoms with Crippen molar-refractivity contribution in [3.63, 3.8) is 0 Å². The SMILES string of the molecule is CC(C)n1cnc2c(c(-c3ccccc3)cn2-c2ccc(Cl)cc2)c1=O. The average molecular weight is 364 g/mol. The largest absolute Gasteiger partial charge is 0.300 e. The van der Waals surface area contributed by atoms with Crippen molar-refractivity contribution in [3.8, 4) is 16.8 Å². The van der Waals surface area contributed by atoms with E-state index in [0.717, 1.165) is 16.8 Å². The van der Waals surface area contributed by atoms with Gasteiger partial charge >= 0.3 is 0 Å². The number of halogens is 1. The highest BCUT2D eigenvalue weighted by molar-refractivity contribution is 6.30. The third-order valence-corrected chi connectivity index (χ3v) is 4.73. The van der Waals surface area contributed by atoms with Crippen LogP contribution in [0.3, 0.4) is 0 Å². The van der Waals surface area contributed by atoms with E-state index in [0.29, 0.717) is 16.1 Å².